The number of urea groups is 1. The number of imide groups is 1. The quantitative estimate of drug-likeness (QED) is 0.860. The average Bonchev–Trinajstić information content (AvgIpc) is 3.28. The Hall–Kier alpha value is -2.41. The predicted octanol–water partition coefficient (Wildman–Crippen LogP) is 2.61. The van der Waals surface area contributed by atoms with Gasteiger partial charge in [-0.05, 0) is 49.9 Å². The Balaban J connectivity index is 1.53. The van der Waals surface area contributed by atoms with Crippen LogP contribution in [-0.2, 0) is 11.3 Å². The van der Waals surface area contributed by atoms with Crippen LogP contribution in [0.25, 0.3) is 11.4 Å². The van der Waals surface area contributed by atoms with Gasteiger partial charge >= 0.3 is 6.03 Å². The van der Waals surface area contributed by atoms with Crippen LogP contribution in [0.3, 0.4) is 0 Å². The normalized spacial score (nSPS) is 23.7. The summed E-state index contributed by atoms with van der Waals surface area (Å²) < 4.78 is 5.18. The lowest BCUT2D eigenvalue weighted by atomic mass is 9.96. The van der Waals surface area contributed by atoms with Crippen LogP contribution >= 0.6 is 11.6 Å². The van der Waals surface area contributed by atoms with Crippen molar-refractivity contribution in [1.29, 1.82) is 0 Å². The molecule has 1 saturated heterocycles. The number of carbonyl (C=O) groups is 2. The van der Waals surface area contributed by atoms with Crippen molar-refractivity contribution in [3.8, 4) is 11.4 Å². The molecule has 1 aromatic carbocycles. The summed E-state index contributed by atoms with van der Waals surface area (Å²) in [7, 11) is 0. The second kappa shape index (κ2) is 5.31. The fourth-order valence-corrected chi connectivity index (χ4v) is 3.09. The zero-order valence-corrected chi connectivity index (χ0v) is 13.7. The third-order valence-corrected chi connectivity index (χ3v) is 4.81. The van der Waals surface area contributed by atoms with Gasteiger partial charge in [-0.1, -0.05) is 16.8 Å². The number of hydrogen-bond acceptors (Lipinski definition) is 5. The summed E-state index contributed by atoms with van der Waals surface area (Å²) >= 11 is 5.85. The number of halogens is 1. The number of hydrogen-bond donors (Lipinski definition) is 1. The molecule has 124 valence electrons. The molecule has 2 fully saturated rings. The average molecular weight is 347 g/mol. The highest BCUT2D eigenvalue weighted by atomic mass is 35.5. The van der Waals surface area contributed by atoms with Gasteiger partial charge in [0.05, 0.1) is 0 Å². The van der Waals surface area contributed by atoms with Crippen LogP contribution in [0.1, 0.15) is 25.7 Å². The first-order chi connectivity index (χ1) is 11.5. The van der Waals surface area contributed by atoms with Gasteiger partial charge in [-0.25, -0.2) is 4.79 Å². The van der Waals surface area contributed by atoms with Crippen molar-refractivity contribution in [3.05, 3.63) is 35.2 Å². The molecule has 0 radical (unpaired) electrons. The maximum atomic E-state index is 12.6. The fraction of sp³-hybridized carbons (Fsp3) is 0.375. The first kappa shape index (κ1) is 15.1. The largest absolute Gasteiger partial charge is 0.337 e. The molecule has 24 heavy (non-hydrogen) atoms. The van der Waals surface area contributed by atoms with Gasteiger partial charge in [-0.2, -0.15) is 4.98 Å². The molecule has 1 N–H and O–H groups in total. The zero-order chi connectivity index (χ0) is 16.9. The summed E-state index contributed by atoms with van der Waals surface area (Å²) in [5, 5.41) is 7.30. The fourth-order valence-electron chi connectivity index (χ4n) is 2.97. The molecule has 0 spiro atoms. The minimum Gasteiger partial charge on any atom is -0.337 e. The summed E-state index contributed by atoms with van der Waals surface area (Å²) in [5.41, 5.74) is -0.0646. The van der Waals surface area contributed by atoms with Crippen molar-refractivity contribution in [2.24, 2.45) is 5.92 Å². The van der Waals surface area contributed by atoms with Crippen LogP contribution in [0.15, 0.2) is 28.8 Å². The van der Waals surface area contributed by atoms with E-state index in [0.29, 0.717) is 10.8 Å². The van der Waals surface area contributed by atoms with E-state index in [2.05, 4.69) is 15.5 Å². The van der Waals surface area contributed by atoms with E-state index in [1.165, 1.54) is 0 Å². The third-order valence-electron chi connectivity index (χ3n) is 4.56. The Labute approximate surface area is 143 Å². The molecule has 1 atom stereocenters. The number of benzene rings is 1. The second-order valence-corrected chi connectivity index (χ2v) is 6.75. The van der Waals surface area contributed by atoms with Crippen molar-refractivity contribution in [2.45, 2.75) is 31.8 Å². The molecular formula is C16H15ClN4O3. The summed E-state index contributed by atoms with van der Waals surface area (Å²) in [5.74, 6) is 0.578. The van der Waals surface area contributed by atoms with E-state index in [0.717, 1.165) is 23.3 Å². The smallest absolute Gasteiger partial charge is 0.325 e. The lowest BCUT2D eigenvalue weighted by Gasteiger charge is -2.20. The monoisotopic (exact) mass is 346 g/mol. The Morgan fingerprint density at radius 3 is 2.71 bits per heavy atom. The van der Waals surface area contributed by atoms with Crippen LogP contribution in [0.5, 0.6) is 0 Å². The van der Waals surface area contributed by atoms with Crippen LogP contribution in [-0.4, -0.2) is 32.5 Å². The highest BCUT2D eigenvalue weighted by Crippen LogP contribution is 2.42. The molecule has 7 nitrogen and oxygen atoms in total. The van der Waals surface area contributed by atoms with Crippen molar-refractivity contribution in [1.82, 2.24) is 20.4 Å². The third kappa shape index (κ3) is 2.45. The Morgan fingerprint density at radius 1 is 1.33 bits per heavy atom. The summed E-state index contributed by atoms with van der Waals surface area (Å²) in [6.07, 6.45) is 1.91. The molecule has 1 aliphatic carbocycles. The molecule has 4 rings (SSSR count). The van der Waals surface area contributed by atoms with Gasteiger partial charge in [0, 0.05) is 10.6 Å². The number of carbonyl (C=O) groups excluding carboxylic acids is 2. The highest BCUT2D eigenvalue weighted by Gasteiger charge is 2.56. The Bertz CT molecular complexity index is 815. The molecule has 1 aromatic heterocycles. The molecular weight excluding hydrogens is 332 g/mol. The minimum atomic E-state index is -0.809. The van der Waals surface area contributed by atoms with E-state index in [4.69, 9.17) is 16.1 Å². The molecule has 1 aliphatic heterocycles. The van der Waals surface area contributed by atoms with E-state index < -0.39 is 11.6 Å². The van der Waals surface area contributed by atoms with E-state index in [1.807, 2.05) is 0 Å². The van der Waals surface area contributed by atoms with Crippen LogP contribution in [0, 0.1) is 5.92 Å². The second-order valence-electron chi connectivity index (χ2n) is 6.32. The van der Waals surface area contributed by atoms with Gasteiger partial charge in [0.1, 0.15) is 12.1 Å². The Kier molecular flexibility index (Phi) is 3.35. The zero-order valence-electron chi connectivity index (χ0n) is 13.0. The number of aromatic nitrogens is 2. The standard InChI is InChI=1S/C16H15ClN4O3/c1-16(10-4-5-10)14(22)21(15(23)19-16)8-12-18-13(20-24-12)9-2-6-11(17)7-3-9/h2-3,6-7,10H,4-5,8H2,1H3,(H,19,23)/t16-/m0/s1. The molecule has 1 saturated carbocycles. The van der Waals surface area contributed by atoms with Crippen molar-refractivity contribution < 1.29 is 14.1 Å². The van der Waals surface area contributed by atoms with Crippen LogP contribution in [0.2, 0.25) is 5.02 Å². The molecule has 0 bridgehead atoms. The van der Waals surface area contributed by atoms with Crippen molar-refractivity contribution >= 4 is 23.5 Å². The highest BCUT2D eigenvalue weighted by molar-refractivity contribution is 6.30. The number of rotatable bonds is 4. The molecule has 3 amide bonds. The predicted molar refractivity (Wildman–Crippen MR) is 85.0 cm³/mol. The van der Waals surface area contributed by atoms with Gasteiger partial charge in [-0.15, -0.1) is 0 Å². The number of nitrogens with one attached hydrogen (secondary N) is 1. The van der Waals surface area contributed by atoms with Gasteiger partial charge in [0.15, 0.2) is 0 Å². The summed E-state index contributed by atoms with van der Waals surface area (Å²) in [6.45, 7) is 1.74. The van der Waals surface area contributed by atoms with Crippen LogP contribution < -0.4 is 5.32 Å². The first-order valence-electron chi connectivity index (χ1n) is 7.70. The van der Waals surface area contributed by atoms with Gasteiger partial charge < -0.3 is 9.84 Å². The van der Waals surface area contributed by atoms with E-state index >= 15 is 0 Å². The van der Waals surface area contributed by atoms with E-state index in [-0.39, 0.29) is 24.3 Å². The Morgan fingerprint density at radius 2 is 2.04 bits per heavy atom. The van der Waals surface area contributed by atoms with Gasteiger partial charge in [-0.3, -0.25) is 9.69 Å². The lowest BCUT2D eigenvalue weighted by molar-refractivity contribution is -0.132. The molecule has 8 heteroatoms. The minimum absolute atomic E-state index is 0.0342. The summed E-state index contributed by atoms with van der Waals surface area (Å²) in [6, 6.07) is 6.58. The van der Waals surface area contributed by atoms with Gasteiger partial charge in [0.2, 0.25) is 11.7 Å². The van der Waals surface area contributed by atoms with Gasteiger partial charge in [0.25, 0.3) is 5.91 Å². The van der Waals surface area contributed by atoms with E-state index in [1.54, 1.807) is 31.2 Å². The van der Waals surface area contributed by atoms with Crippen molar-refractivity contribution in [2.75, 3.05) is 0 Å². The molecule has 2 heterocycles. The molecule has 2 aromatic rings. The SMILES string of the molecule is C[C@@]1(C2CC2)NC(=O)N(Cc2nc(-c3ccc(Cl)cc3)no2)C1=O. The van der Waals surface area contributed by atoms with Crippen molar-refractivity contribution in [3.63, 3.8) is 0 Å². The molecule has 2 aliphatic rings. The number of nitrogens with zero attached hydrogens (tertiary/aromatic N) is 3. The number of amides is 3. The maximum absolute atomic E-state index is 12.6. The molecule has 0 unspecified atom stereocenters. The first-order valence-corrected chi connectivity index (χ1v) is 8.08. The summed E-state index contributed by atoms with van der Waals surface area (Å²) in [4.78, 5) is 30.1. The maximum Gasteiger partial charge on any atom is 0.325 e. The van der Waals surface area contributed by atoms with Crippen LogP contribution in [0.4, 0.5) is 4.79 Å². The topological polar surface area (TPSA) is 88.3 Å². The van der Waals surface area contributed by atoms with E-state index in [9.17, 15) is 9.59 Å². The lowest BCUT2D eigenvalue weighted by Crippen LogP contribution is -2.46.